The molecule has 1 aromatic carbocycles. The maximum absolute atomic E-state index is 5.69. The minimum Gasteiger partial charge on any atom is -0.381 e. The summed E-state index contributed by atoms with van der Waals surface area (Å²) in [7, 11) is 1.89. The quantitative estimate of drug-likeness (QED) is 0.316. The second kappa shape index (κ2) is 10.1. The molecular formula is C20H31N3OS. The number of nitrogens with one attached hydrogen (secondary N) is 1. The summed E-state index contributed by atoms with van der Waals surface area (Å²) in [4.78, 5) is 8.24. The lowest BCUT2D eigenvalue weighted by Crippen LogP contribution is -2.40. The Morgan fingerprint density at radius 1 is 1.24 bits per heavy atom. The maximum atomic E-state index is 5.69. The highest BCUT2D eigenvalue weighted by atomic mass is 32.2. The molecule has 2 aliphatic rings. The smallest absolute Gasteiger partial charge is 0.193 e. The van der Waals surface area contributed by atoms with Gasteiger partial charge in [-0.25, -0.2) is 0 Å². The van der Waals surface area contributed by atoms with Gasteiger partial charge in [0.05, 0.1) is 0 Å². The van der Waals surface area contributed by atoms with Crippen LogP contribution in [0.4, 0.5) is 0 Å². The fourth-order valence-electron chi connectivity index (χ4n) is 3.13. The van der Waals surface area contributed by atoms with Crippen LogP contribution in [-0.2, 0) is 4.74 Å². The number of hydrogen-bond acceptors (Lipinski definition) is 3. The summed E-state index contributed by atoms with van der Waals surface area (Å²) >= 11 is 1.97. The lowest BCUT2D eigenvalue weighted by molar-refractivity contribution is 0.122. The zero-order chi connectivity index (χ0) is 17.3. The molecule has 0 spiro atoms. The SMILES string of the molecule is CN=C(NCCCOCC1CC1)N1CCC(CSc2ccccc2)C1. The summed E-state index contributed by atoms with van der Waals surface area (Å²) in [6.07, 6.45) is 5.03. The molecular weight excluding hydrogens is 330 g/mol. The van der Waals surface area contributed by atoms with Gasteiger partial charge in [-0.3, -0.25) is 4.99 Å². The molecule has 0 amide bonds. The van der Waals surface area contributed by atoms with Gasteiger partial charge in [0.2, 0.25) is 0 Å². The van der Waals surface area contributed by atoms with E-state index in [1.54, 1.807) is 0 Å². The van der Waals surface area contributed by atoms with E-state index >= 15 is 0 Å². The van der Waals surface area contributed by atoms with Crippen molar-refractivity contribution in [3.8, 4) is 0 Å². The molecule has 0 bridgehead atoms. The first-order valence-corrected chi connectivity index (χ1v) is 10.5. The average molecular weight is 362 g/mol. The van der Waals surface area contributed by atoms with Crippen molar-refractivity contribution in [2.24, 2.45) is 16.8 Å². The number of hydrogen-bond donors (Lipinski definition) is 1. The van der Waals surface area contributed by atoms with Crippen molar-refractivity contribution < 1.29 is 4.74 Å². The summed E-state index contributed by atoms with van der Waals surface area (Å²) in [5.41, 5.74) is 0. The Kier molecular flexibility index (Phi) is 7.49. The van der Waals surface area contributed by atoms with Crippen molar-refractivity contribution in [2.45, 2.75) is 30.6 Å². The van der Waals surface area contributed by atoms with Crippen molar-refractivity contribution >= 4 is 17.7 Å². The van der Waals surface area contributed by atoms with Crippen LogP contribution >= 0.6 is 11.8 Å². The van der Waals surface area contributed by atoms with Crippen LogP contribution in [0.1, 0.15) is 25.7 Å². The molecule has 138 valence electrons. The van der Waals surface area contributed by atoms with Gasteiger partial charge in [0, 0.05) is 50.5 Å². The molecule has 1 heterocycles. The molecule has 1 saturated carbocycles. The Labute approximate surface area is 156 Å². The van der Waals surface area contributed by atoms with E-state index in [0.717, 1.165) is 57.1 Å². The van der Waals surface area contributed by atoms with Gasteiger partial charge in [0.25, 0.3) is 0 Å². The van der Waals surface area contributed by atoms with Crippen molar-refractivity contribution in [1.29, 1.82) is 0 Å². The zero-order valence-electron chi connectivity index (χ0n) is 15.3. The van der Waals surface area contributed by atoms with Gasteiger partial charge in [-0.15, -0.1) is 11.8 Å². The molecule has 1 aliphatic heterocycles. The number of ether oxygens (including phenoxy) is 1. The number of likely N-dealkylation sites (tertiary alicyclic amines) is 1. The zero-order valence-corrected chi connectivity index (χ0v) is 16.1. The molecule has 1 N–H and O–H groups in total. The number of guanidine groups is 1. The summed E-state index contributed by atoms with van der Waals surface area (Å²) in [5, 5.41) is 3.50. The summed E-state index contributed by atoms with van der Waals surface area (Å²) < 4.78 is 5.69. The number of benzene rings is 1. The summed E-state index contributed by atoms with van der Waals surface area (Å²) in [6, 6.07) is 10.7. The molecule has 1 aromatic rings. The van der Waals surface area contributed by atoms with Gasteiger partial charge < -0.3 is 15.0 Å². The van der Waals surface area contributed by atoms with Crippen molar-refractivity contribution in [2.75, 3.05) is 45.6 Å². The van der Waals surface area contributed by atoms with Gasteiger partial charge in [-0.05, 0) is 49.7 Å². The van der Waals surface area contributed by atoms with Gasteiger partial charge >= 0.3 is 0 Å². The third-order valence-corrected chi connectivity index (χ3v) is 6.07. The Bertz CT molecular complexity index is 533. The van der Waals surface area contributed by atoms with Gasteiger partial charge in [-0.2, -0.15) is 0 Å². The third-order valence-electron chi connectivity index (χ3n) is 4.83. The van der Waals surface area contributed by atoms with E-state index in [9.17, 15) is 0 Å². The second-order valence-electron chi connectivity index (χ2n) is 7.07. The molecule has 2 fully saturated rings. The summed E-state index contributed by atoms with van der Waals surface area (Å²) in [5.74, 6) is 3.84. The Morgan fingerprint density at radius 3 is 2.84 bits per heavy atom. The Morgan fingerprint density at radius 2 is 2.08 bits per heavy atom. The van der Waals surface area contributed by atoms with E-state index in [1.807, 2.05) is 18.8 Å². The monoisotopic (exact) mass is 361 g/mol. The van der Waals surface area contributed by atoms with Crippen LogP contribution in [0.15, 0.2) is 40.2 Å². The van der Waals surface area contributed by atoms with Crippen LogP contribution in [0.3, 0.4) is 0 Å². The Hall–Kier alpha value is -1.20. The number of aliphatic imine (C=N–C) groups is 1. The standard InChI is InChI=1S/C20H31N3OS/c1-21-20(22-11-5-13-24-15-17-8-9-17)23-12-10-18(14-23)16-25-19-6-3-2-4-7-19/h2-4,6-7,17-18H,5,8-16H2,1H3,(H,21,22). The first kappa shape index (κ1) is 18.6. The number of nitrogens with zero attached hydrogens (tertiary/aromatic N) is 2. The minimum absolute atomic E-state index is 0.741. The van der Waals surface area contributed by atoms with E-state index in [0.29, 0.717) is 0 Å². The van der Waals surface area contributed by atoms with Crippen LogP contribution in [-0.4, -0.2) is 56.5 Å². The molecule has 1 saturated heterocycles. The van der Waals surface area contributed by atoms with Crippen molar-refractivity contribution in [3.63, 3.8) is 0 Å². The topological polar surface area (TPSA) is 36.9 Å². The number of rotatable bonds is 9. The van der Waals surface area contributed by atoms with E-state index in [-0.39, 0.29) is 0 Å². The van der Waals surface area contributed by atoms with Crippen molar-refractivity contribution in [3.05, 3.63) is 30.3 Å². The largest absolute Gasteiger partial charge is 0.381 e. The van der Waals surface area contributed by atoms with E-state index in [1.165, 1.54) is 29.9 Å². The third kappa shape index (κ3) is 6.55. The van der Waals surface area contributed by atoms with E-state index in [2.05, 4.69) is 45.5 Å². The first-order chi connectivity index (χ1) is 12.3. The molecule has 1 aliphatic carbocycles. The van der Waals surface area contributed by atoms with E-state index < -0.39 is 0 Å². The molecule has 0 radical (unpaired) electrons. The molecule has 3 rings (SSSR count). The van der Waals surface area contributed by atoms with Gasteiger partial charge in [-0.1, -0.05) is 18.2 Å². The molecule has 1 unspecified atom stereocenters. The highest BCUT2D eigenvalue weighted by molar-refractivity contribution is 7.99. The van der Waals surface area contributed by atoms with Crippen LogP contribution in [0.25, 0.3) is 0 Å². The number of thioether (sulfide) groups is 1. The van der Waals surface area contributed by atoms with Gasteiger partial charge in [0.15, 0.2) is 5.96 Å². The fraction of sp³-hybridized carbons (Fsp3) is 0.650. The normalized spacial score (nSPS) is 20.9. The molecule has 4 nitrogen and oxygen atoms in total. The predicted octanol–water partition coefficient (Wildman–Crippen LogP) is 3.49. The molecule has 1 atom stereocenters. The molecule has 0 aromatic heterocycles. The molecule has 5 heteroatoms. The highest BCUT2D eigenvalue weighted by Gasteiger charge is 2.25. The lowest BCUT2D eigenvalue weighted by Gasteiger charge is -2.21. The van der Waals surface area contributed by atoms with Crippen LogP contribution < -0.4 is 5.32 Å². The summed E-state index contributed by atoms with van der Waals surface area (Å²) in [6.45, 7) is 4.98. The van der Waals surface area contributed by atoms with Crippen LogP contribution in [0.2, 0.25) is 0 Å². The fourth-order valence-corrected chi connectivity index (χ4v) is 4.18. The average Bonchev–Trinajstić information content (AvgIpc) is 3.36. The predicted molar refractivity (Wildman–Crippen MR) is 106 cm³/mol. The van der Waals surface area contributed by atoms with Crippen molar-refractivity contribution in [1.82, 2.24) is 10.2 Å². The lowest BCUT2D eigenvalue weighted by atomic mass is 10.2. The maximum Gasteiger partial charge on any atom is 0.193 e. The van der Waals surface area contributed by atoms with Crippen LogP contribution in [0.5, 0.6) is 0 Å². The minimum atomic E-state index is 0.741. The van der Waals surface area contributed by atoms with Crippen LogP contribution in [0, 0.1) is 11.8 Å². The van der Waals surface area contributed by atoms with Gasteiger partial charge in [0.1, 0.15) is 0 Å². The Balaban J connectivity index is 1.30. The second-order valence-corrected chi connectivity index (χ2v) is 8.16. The van der Waals surface area contributed by atoms with E-state index in [4.69, 9.17) is 4.74 Å². The first-order valence-electron chi connectivity index (χ1n) is 9.56. The molecule has 25 heavy (non-hydrogen) atoms. The highest BCUT2D eigenvalue weighted by Crippen LogP contribution is 2.28.